The number of sulfonamides is 1. The van der Waals surface area contributed by atoms with Crippen molar-refractivity contribution in [1.82, 2.24) is 10.2 Å². The van der Waals surface area contributed by atoms with E-state index in [9.17, 15) is 18.0 Å². The van der Waals surface area contributed by atoms with Crippen LogP contribution in [-0.2, 0) is 26.2 Å². The molecule has 0 saturated heterocycles. The van der Waals surface area contributed by atoms with Crippen LogP contribution >= 0.6 is 39.1 Å². The molecule has 11 heteroatoms. The molecule has 0 saturated carbocycles. The van der Waals surface area contributed by atoms with E-state index in [0.717, 1.165) is 8.78 Å². The molecule has 2 amide bonds. The molecule has 208 valence electrons. The molecule has 0 spiro atoms. The van der Waals surface area contributed by atoms with E-state index in [2.05, 4.69) is 21.2 Å². The van der Waals surface area contributed by atoms with Gasteiger partial charge in [-0.15, -0.1) is 0 Å². The van der Waals surface area contributed by atoms with Gasteiger partial charge in [0, 0.05) is 16.6 Å². The summed E-state index contributed by atoms with van der Waals surface area (Å²) in [6.07, 6.45) is 0. The summed E-state index contributed by atoms with van der Waals surface area (Å²) in [5, 5.41) is 3.55. The minimum atomic E-state index is -4.12. The normalized spacial score (nSPS) is 12.5. The van der Waals surface area contributed by atoms with E-state index in [4.69, 9.17) is 23.2 Å². The molecule has 7 nitrogen and oxygen atoms in total. The number of carbonyl (C=O) groups is 2. The zero-order valence-electron chi connectivity index (χ0n) is 22.0. The topological polar surface area (TPSA) is 86.8 Å². The molecule has 0 unspecified atom stereocenters. The van der Waals surface area contributed by atoms with E-state index < -0.39 is 34.1 Å². The van der Waals surface area contributed by atoms with Crippen LogP contribution in [0.15, 0.2) is 82.2 Å². The Hall–Kier alpha value is -2.59. The minimum absolute atomic E-state index is 0.00795. The summed E-state index contributed by atoms with van der Waals surface area (Å²) in [7, 11) is -4.12. The molecule has 0 fully saturated rings. The van der Waals surface area contributed by atoms with Crippen molar-refractivity contribution in [2.45, 2.75) is 50.7 Å². The lowest BCUT2D eigenvalue weighted by molar-refractivity contribution is -0.140. The van der Waals surface area contributed by atoms with Crippen LogP contribution in [0.2, 0.25) is 10.0 Å². The average Bonchev–Trinajstić information content (AvgIpc) is 2.87. The number of hydrogen-bond acceptors (Lipinski definition) is 4. The van der Waals surface area contributed by atoms with Gasteiger partial charge in [-0.2, -0.15) is 0 Å². The summed E-state index contributed by atoms with van der Waals surface area (Å²) in [6, 6.07) is 18.5. The molecular weight excluding hydrogens is 625 g/mol. The molecule has 1 atom stereocenters. The van der Waals surface area contributed by atoms with Gasteiger partial charge in [0.1, 0.15) is 12.6 Å². The fraction of sp³-hybridized carbons (Fsp3) is 0.286. The Morgan fingerprint density at radius 2 is 1.56 bits per heavy atom. The molecule has 0 aliphatic rings. The number of amides is 2. The van der Waals surface area contributed by atoms with E-state index in [1.54, 1.807) is 67.6 Å². The number of anilines is 1. The summed E-state index contributed by atoms with van der Waals surface area (Å²) in [6.45, 7) is 6.59. The third kappa shape index (κ3) is 8.20. The third-order valence-electron chi connectivity index (χ3n) is 5.73. The quantitative estimate of drug-likeness (QED) is 0.294. The third-order valence-corrected chi connectivity index (χ3v) is 8.78. The van der Waals surface area contributed by atoms with Gasteiger partial charge in [0.05, 0.1) is 20.6 Å². The Morgan fingerprint density at radius 1 is 0.949 bits per heavy atom. The maximum absolute atomic E-state index is 13.9. The second-order valence-corrected chi connectivity index (χ2v) is 13.6. The zero-order chi connectivity index (χ0) is 29.0. The molecule has 0 aliphatic carbocycles. The van der Waals surface area contributed by atoms with Crippen molar-refractivity contribution < 1.29 is 18.0 Å². The summed E-state index contributed by atoms with van der Waals surface area (Å²) >= 11 is 15.6. The summed E-state index contributed by atoms with van der Waals surface area (Å²) in [4.78, 5) is 28.4. The first kappa shape index (κ1) is 30.9. The van der Waals surface area contributed by atoms with Crippen molar-refractivity contribution >= 4 is 66.7 Å². The lowest BCUT2D eigenvalue weighted by Gasteiger charge is -2.33. The Bertz CT molecular complexity index is 1430. The van der Waals surface area contributed by atoms with Crippen LogP contribution in [0.3, 0.4) is 0 Å². The van der Waals surface area contributed by atoms with Crippen molar-refractivity contribution in [2.24, 2.45) is 0 Å². The minimum Gasteiger partial charge on any atom is -0.350 e. The highest BCUT2D eigenvalue weighted by molar-refractivity contribution is 9.10. The van der Waals surface area contributed by atoms with Crippen LogP contribution in [-0.4, -0.2) is 43.3 Å². The number of hydrogen-bond donors (Lipinski definition) is 1. The second kappa shape index (κ2) is 12.7. The fourth-order valence-electron chi connectivity index (χ4n) is 3.75. The van der Waals surface area contributed by atoms with E-state index in [-0.39, 0.29) is 17.3 Å². The lowest BCUT2D eigenvalue weighted by Crippen LogP contribution is -2.54. The zero-order valence-corrected chi connectivity index (χ0v) is 25.9. The van der Waals surface area contributed by atoms with Gasteiger partial charge in [0.25, 0.3) is 10.0 Å². The first-order valence-corrected chi connectivity index (χ1v) is 15.1. The van der Waals surface area contributed by atoms with Crippen molar-refractivity contribution in [2.75, 3.05) is 10.8 Å². The number of nitrogens with one attached hydrogen (secondary N) is 1. The van der Waals surface area contributed by atoms with Crippen LogP contribution in [0.4, 0.5) is 5.69 Å². The molecule has 3 aromatic rings. The van der Waals surface area contributed by atoms with Crippen LogP contribution in [0, 0.1) is 0 Å². The number of rotatable bonds is 9. The molecule has 0 aliphatic heterocycles. The molecule has 3 aromatic carbocycles. The fourth-order valence-corrected chi connectivity index (χ4v) is 5.77. The molecule has 3 rings (SSSR count). The van der Waals surface area contributed by atoms with Crippen LogP contribution < -0.4 is 9.62 Å². The number of halogens is 3. The molecule has 0 radical (unpaired) electrons. The highest BCUT2D eigenvalue weighted by Gasteiger charge is 2.33. The number of benzene rings is 3. The molecule has 0 bridgehead atoms. The Balaban J connectivity index is 2.03. The van der Waals surface area contributed by atoms with Crippen LogP contribution in [0.1, 0.15) is 33.3 Å². The van der Waals surface area contributed by atoms with E-state index >= 15 is 0 Å². The monoisotopic (exact) mass is 653 g/mol. The lowest BCUT2D eigenvalue weighted by atomic mass is 10.1. The predicted octanol–water partition coefficient (Wildman–Crippen LogP) is 6.28. The Kier molecular flexibility index (Phi) is 10.1. The highest BCUT2D eigenvalue weighted by atomic mass is 79.9. The van der Waals surface area contributed by atoms with Crippen molar-refractivity contribution in [3.8, 4) is 0 Å². The summed E-state index contributed by atoms with van der Waals surface area (Å²) < 4.78 is 29.3. The molecule has 39 heavy (non-hydrogen) atoms. The van der Waals surface area contributed by atoms with Gasteiger partial charge in [0.2, 0.25) is 11.8 Å². The predicted molar refractivity (Wildman–Crippen MR) is 159 cm³/mol. The first-order valence-electron chi connectivity index (χ1n) is 12.1. The van der Waals surface area contributed by atoms with Gasteiger partial charge in [-0.25, -0.2) is 8.42 Å². The number of nitrogens with zero attached hydrogens (tertiary/aromatic N) is 2. The van der Waals surface area contributed by atoms with Crippen molar-refractivity contribution in [1.29, 1.82) is 0 Å². The van der Waals surface area contributed by atoms with Gasteiger partial charge >= 0.3 is 0 Å². The van der Waals surface area contributed by atoms with Gasteiger partial charge in [-0.1, -0.05) is 63.4 Å². The molecule has 0 aromatic heterocycles. The molecule has 1 N–H and O–H groups in total. The molecule has 0 heterocycles. The standard InChI is InChI=1S/C28H30BrCl2N3O4S/c1-19(27(36)32-28(2,3)4)33(17-20-10-15-24(30)25(31)16-20)26(35)18-34(22-13-11-21(29)12-14-22)39(37,38)23-8-6-5-7-9-23/h5-16,19H,17-18H2,1-4H3,(H,32,36)/t19-/m0/s1. The first-order chi connectivity index (χ1) is 18.2. The van der Waals surface area contributed by atoms with Crippen LogP contribution in [0.25, 0.3) is 0 Å². The Labute approximate surface area is 248 Å². The van der Waals surface area contributed by atoms with Crippen LogP contribution in [0.5, 0.6) is 0 Å². The second-order valence-electron chi connectivity index (χ2n) is 9.99. The van der Waals surface area contributed by atoms with E-state index in [1.807, 2.05) is 20.8 Å². The van der Waals surface area contributed by atoms with Gasteiger partial charge < -0.3 is 10.2 Å². The molecular formula is C28H30BrCl2N3O4S. The van der Waals surface area contributed by atoms with E-state index in [1.165, 1.54) is 17.0 Å². The summed E-state index contributed by atoms with van der Waals surface area (Å²) in [5.74, 6) is -0.947. The van der Waals surface area contributed by atoms with Gasteiger partial charge in [0.15, 0.2) is 0 Å². The summed E-state index contributed by atoms with van der Waals surface area (Å²) in [5.41, 5.74) is 0.398. The number of carbonyl (C=O) groups excluding carboxylic acids is 2. The average molecular weight is 655 g/mol. The maximum Gasteiger partial charge on any atom is 0.264 e. The highest BCUT2D eigenvalue weighted by Crippen LogP contribution is 2.27. The maximum atomic E-state index is 13.9. The largest absolute Gasteiger partial charge is 0.350 e. The van der Waals surface area contributed by atoms with Gasteiger partial charge in [-0.05, 0) is 81.8 Å². The van der Waals surface area contributed by atoms with Crippen molar-refractivity contribution in [3.63, 3.8) is 0 Å². The SMILES string of the molecule is C[C@@H](C(=O)NC(C)(C)C)N(Cc1ccc(Cl)c(Cl)c1)C(=O)CN(c1ccc(Br)cc1)S(=O)(=O)c1ccccc1. The van der Waals surface area contributed by atoms with Crippen molar-refractivity contribution in [3.05, 3.63) is 92.9 Å². The van der Waals surface area contributed by atoms with E-state index in [0.29, 0.717) is 21.3 Å². The smallest absolute Gasteiger partial charge is 0.264 e. The Morgan fingerprint density at radius 3 is 2.13 bits per heavy atom. The van der Waals surface area contributed by atoms with Gasteiger partial charge in [-0.3, -0.25) is 13.9 Å².